The van der Waals surface area contributed by atoms with Gasteiger partial charge in [-0.2, -0.15) is 0 Å². The van der Waals surface area contributed by atoms with Crippen molar-refractivity contribution in [3.63, 3.8) is 0 Å². The molecule has 0 unspecified atom stereocenters. The minimum atomic E-state index is -3.95. The summed E-state index contributed by atoms with van der Waals surface area (Å²) >= 11 is 3.26. The molecule has 2 rings (SSSR count). The van der Waals surface area contributed by atoms with Crippen LogP contribution in [0, 0.1) is 11.6 Å². The second kappa shape index (κ2) is 6.08. The van der Waals surface area contributed by atoms with Gasteiger partial charge in [-0.15, -0.1) is 0 Å². The van der Waals surface area contributed by atoms with Crippen LogP contribution < -0.4 is 10.5 Å². The van der Waals surface area contributed by atoms with Crippen molar-refractivity contribution in [2.45, 2.75) is 11.4 Å². The number of nitrogens with two attached hydrogens (primary N) is 1. The van der Waals surface area contributed by atoms with E-state index in [0.717, 1.165) is 6.07 Å². The summed E-state index contributed by atoms with van der Waals surface area (Å²) in [5.41, 5.74) is 0.698. The lowest BCUT2D eigenvalue weighted by molar-refractivity contribution is 0.592. The van der Waals surface area contributed by atoms with Crippen molar-refractivity contribution in [2.75, 3.05) is 5.32 Å². The third-order valence-corrected chi connectivity index (χ3v) is 4.43. The Kier molecular flexibility index (Phi) is 4.60. The third kappa shape index (κ3) is 3.99. The Morgan fingerprint density at radius 2 is 1.86 bits per heavy atom. The van der Waals surface area contributed by atoms with Gasteiger partial charge in [-0.05, 0) is 42.0 Å². The van der Waals surface area contributed by atoms with E-state index in [-0.39, 0.29) is 17.1 Å². The molecule has 0 aliphatic carbocycles. The number of halogens is 3. The van der Waals surface area contributed by atoms with Gasteiger partial charge in [0.15, 0.2) is 0 Å². The Morgan fingerprint density at radius 1 is 1.14 bits per heavy atom. The van der Waals surface area contributed by atoms with E-state index in [0.29, 0.717) is 10.0 Å². The highest BCUT2D eigenvalue weighted by molar-refractivity contribution is 9.10. The molecule has 0 aromatic heterocycles. The fourth-order valence-corrected chi connectivity index (χ4v) is 2.60. The molecule has 0 atom stereocenters. The largest absolute Gasteiger partial charge is 0.379 e. The summed E-state index contributed by atoms with van der Waals surface area (Å²) in [6.07, 6.45) is 0. The summed E-state index contributed by atoms with van der Waals surface area (Å²) in [6.45, 7) is 0.171. The summed E-state index contributed by atoms with van der Waals surface area (Å²) < 4.78 is 49.8. The normalized spacial score (nSPS) is 11.4. The van der Waals surface area contributed by atoms with Crippen LogP contribution in [0.2, 0.25) is 0 Å². The second-order valence-electron chi connectivity index (χ2n) is 4.28. The molecule has 21 heavy (non-hydrogen) atoms. The van der Waals surface area contributed by atoms with E-state index >= 15 is 0 Å². The molecule has 0 heterocycles. The quantitative estimate of drug-likeness (QED) is 0.861. The third-order valence-electron chi connectivity index (χ3n) is 2.75. The molecule has 0 saturated heterocycles. The van der Waals surface area contributed by atoms with Crippen molar-refractivity contribution in [1.29, 1.82) is 0 Å². The van der Waals surface area contributed by atoms with Gasteiger partial charge in [-0.25, -0.2) is 22.3 Å². The average Bonchev–Trinajstić information content (AvgIpc) is 2.40. The van der Waals surface area contributed by atoms with E-state index in [1.807, 2.05) is 0 Å². The van der Waals surface area contributed by atoms with Gasteiger partial charge in [0.2, 0.25) is 10.0 Å². The zero-order valence-electron chi connectivity index (χ0n) is 10.6. The topological polar surface area (TPSA) is 72.2 Å². The fraction of sp³-hybridized carbons (Fsp3) is 0.0769. The highest BCUT2D eigenvalue weighted by Crippen LogP contribution is 2.22. The lowest BCUT2D eigenvalue weighted by Crippen LogP contribution is -2.13. The number of hydrogen-bond donors (Lipinski definition) is 2. The average molecular weight is 377 g/mol. The summed E-state index contributed by atoms with van der Waals surface area (Å²) in [4.78, 5) is -0.308. The number of rotatable bonds is 4. The van der Waals surface area contributed by atoms with Crippen molar-refractivity contribution in [3.8, 4) is 0 Å². The molecule has 0 amide bonds. The van der Waals surface area contributed by atoms with E-state index in [1.54, 1.807) is 6.07 Å². The maximum absolute atomic E-state index is 13.8. The van der Waals surface area contributed by atoms with Gasteiger partial charge in [0, 0.05) is 11.0 Å². The summed E-state index contributed by atoms with van der Waals surface area (Å²) in [5, 5.41) is 7.68. The Hall–Kier alpha value is -1.51. The minimum Gasteiger partial charge on any atom is -0.379 e. The molecule has 112 valence electrons. The zero-order chi connectivity index (χ0) is 15.6. The minimum absolute atomic E-state index is 0.0959. The van der Waals surface area contributed by atoms with Crippen LogP contribution in [-0.4, -0.2) is 8.42 Å². The highest BCUT2D eigenvalue weighted by Gasteiger charge is 2.11. The van der Waals surface area contributed by atoms with Crippen LogP contribution in [0.5, 0.6) is 0 Å². The standard InChI is InChI=1S/C13H11BrF2N2O2S/c14-11-3-1-9(15)5-8(11)7-18-13-4-2-10(6-12(13)16)21(17,19)20/h1-6,18H,7H2,(H2,17,19,20). The maximum atomic E-state index is 13.8. The van der Waals surface area contributed by atoms with Crippen molar-refractivity contribution < 1.29 is 17.2 Å². The predicted molar refractivity (Wildman–Crippen MR) is 79.2 cm³/mol. The molecule has 0 spiro atoms. The molecular weight excluding hydrogens is 366 g/mol. The van der Waals surface area contributed by atoms with Crippen LogP contribution >= 0.6 is 15.9 Å². The number of nitrogens with one attached hydrogen (secondary N) is 1. The molecule has 0 bridgehead atoms. The van der Waals surface area contributed by atoms with E-state index in [4.69, 9.17) is 5.14 Å². The fourth-order valence-electron chi connectivity index (χ4n) is 1.69. The van der Waals surface area contributed by atoms with E-state index in [1.165, 1.54) is 24.3 Å². The molecule has 3 N–H and O–H groups in total. The van der Waals surface area contributed by atoms with Gasteiger partial charge >= 0.3 is 0 Å². The molecule has 4 nitrogen and oxygen atoms in total. The number of benzene rings is 2. The van der Waals surface area contributed by atoms with Gasteiger partial charge in [0.05, 0.1) is 10.6 Å². The molecule has 2 aromatic rings. The van der Waals surface area contributed by atoms with Crippen molar-refractivity contribution in [3.05, 3.63) is 58.1 Å². The molecular formula is C13H11BrF2N2O2S. The molecule has 0 aliphatic rings. The summed E-state index contributed by atoms with van der Waals surface area (Å²) in [7, 11) is -3.95. The van der Waals surface area contributed by atoms with Gasteiger partial charge < -0.3 is 5.32 Å². The van der Waals surface area contributed by atoms with Crippen LogP contribution in [-0.2, 0) is 16.6 Å². The van der Waals surface area contributed by atoms with Crippen LogP contribution in [0.4, 0.5) is 14.5 Å². The SMILES string of the molecule is NS(=O)(=O)c1ccc(NCc2cc(F)ccc2Br)c(F)c1. The van der Waals surface area contributed by atoms with E-state index in [2.05, 4.69) is 21.2 Å². The van der Waals surface area contributed by atoms with Gasteiger partial charge in [0.1, 0.15) is 11.6 Å². The van der Waals surface area contributed by atoms with Gasteiger partial charge in [-0.3, -0.25) is 0 Å². The van der Waals surface area contributed by atoms with Crippen LogP contribution in [0.3, 0.4) is 0 Å². The molecule has 0 saturated carbocycles. The van der Waals surface area contributed by atoms with E-state index in [9.17, 15) is 17.2 Å². The smallest absolute Gasteiger partial charge is 0.238 e. The predicted octanol–water partition coefficient (Wildman–Crippen LogP) is 2.99. The van der Waals surface area contributed by atoms with Gasteiger partial charge in [0.25, 0.3) is 0 Å². The molecule has 2 aromatic carbocycles. The number of sulfonamides is 1. The monoisotopic (exact) mass is 376 g/mol. The Labute approximate surface area is 129 Å². The lowest BCUT2D eigenvalue weighted by Gasteiger charge is -2.10. The maximum Gasteiger partial charge on any atom is 0.238 e. The highest BCUT2D eigenvalue weighted by atomic mass is 79.9. The number of anilines is 1. The van der Waals surface area contributed by atoms with Crippen molar-refractivity contribution in [1.82, 2.24) is 0 Å². The van der Waals surface area contributed by atoms with E-state index < -0.39 is 21.7 Å². The first-order chi connectivity index (χ1) is 9.77. The number of primary sulfonamides is 1. The molecule has 0 aliphatic heterocycles. The number of hydrogen-bond acceptors (Lipinski definition) is 3. The van der Waals surface area contributed by atoms with Crippen LogP contribution in [0.1, 0.15) is 5.56 Å². The van der Waals surface area contributed by atoms with Crippen molar-refractivity contribution >= 4 is 31.6 Å². The molecule has 0 radical (unpaired) electrons. The van der Waals surface area contributed by atoms with Crippen molar-refractivity contribution in [2.24, 2.45) is 5.14 Å². The lowest BCUT2D eigenvalue weighted by atomic mass is 10.2. The summed E-state index contributed by atoms with van der Waals surface area (Å²) in [6, 6.07) is 7.46. The summed E-state index contributed by atoms with van der Waals surface area (Å²) in [5.74, 6) is -1.16. The molecule has 8 heteroatoms. The Morgan fingerprint density at radius 3 is 2.48 bits per heavy atom. The van der Waals surface area contributed by atoms with Crippen LogP contribution in [0.15, 0.2) is 45.8 Å². The first kappa shape index (κ1) is 15.9. The first-order valence-corrected chi connectivity index (χ1v) is 8.11. The van der Waals surface area contributed by atoms with Crippen LogP contribution in [0.25, 0.3) is 0 Å². The first-order valence-electron chi connectivity index (χ1n) is 5.77. The Balaban J connectivity index is 2.19. The zero-order valence-corrected chi connectivity index (χ0v) is 13.0. The second-order valence-corrected chi connectivity index (χ2v) is 6.69. The van der Waals surface area contributed by atoms with Gasteiger partial charge in [-0.1, -0.05) is 15.9 Å². The Bertz CT molecular complexity index is 782. The molecule has 0 fully saturated rings.